The number of hydrogen-bond acceptors (Lipinski definition) is 12. The van der Waals surface area contributed by atoms with E-state index in [9.17, 15) is 0 Å². The van der Waals surface area contributed by atoms with Gasteiger partial charge in [-0.25, -0.2) is 0 Å². The molecule has 6 N–H and O–H groups in total. The second-order valence-electron chi connectivity index (χ2n) is 15.9. The zero-order valence-electron chi connectivity index (χ0n) is 36.9. The first-order chi connectivity index (χ1) is 33.2. The van der Waals surface area contributed by atoms with Crippen molar-refractivity contribution < 1.29 is 14.2 Å². The molecule has 0 aliphatic rings. The Balaban J connectivity index is 0.921. The molecule has 0 spiro atoms. The third-order valence-electron chi connectivity index (χ3n) is 11.0. The molecule has 0 amide bonds. The Hall–Kier alpha value is -9.42. The molecule has 0 unspecified atom stereocenters. The first-order valence-corrected chi connectivity index (χ1v) is 21.7. The quantitative estimate of drug-likeness (QED) is 0.0523. The Morgan fingerprint density at radius 2 is 0.412 bits per heavy atom. The fourth-order valence-corrected chi connectivity index (χ4v) is 7.19. The summed E-state index contributed by atoms with van der Waals surface area (Å²) in [5, 5.41) is 25.9. The minimum absolute atomic E-state index is 0.596. The van der Waals surface area contributed by atoms with Crippen molar-refractivity contribution in [3.63, 3.8) is 0 Å². The van der Waals surface area contributed by atoms with Crippen LogP contribution in [0.25, 0.3) is 0 Å². The van der Waals surface area contributed by atoms with E-state index in [-0.39, 0.29) is 0 Å². The molecule has 9 aromatic rings. The van der Waals surface area contributed by atoms with Crippen molar-refractivity contribution in [1.82, 2.24) is 0 Å². The molecule has 0 bridgehead atoms. The van der Waals surface area contributed by atoms with Crippen LogP contribution < -0.4 is 31.4 Å². The van der Waals surface area contributed by atoms with E-state index in [1.807, 2.05) is 146 Å². The molecule has 0 aromatic heterocycles. The van der Waals surface area contributed by atoms with Crippen molar-refractivity contribution in [2.24, 2.45) is 30.7 Å². The van der Waals surface area contributed by atoms with Crippen LogP contribution in [0, 0.1) is 0 Å². The highest BCUT2D eigenvalue weighted by molar-refractivity contribution is 5.55. The molecule has 0 aliphatic heterocycles. The van der Waals surface area contributed by atoms with Crippen LogP contribution in [0.1, 0.15) is 23.6 Å². The maximum Gasteiger partial charge on any atom is 0.127 e. The van der Waals surface area contributed by atoms with Crippen LogP contribution in [0.5, 0.6) is 34.5 Å². The van der Waals surface area contributed by atoms with Crippen LogP contribution in [0.15, 0.2) is 249 Å². The Labute approximate surface area is 393 Å². The van der Waals surface area contributed by atoms with Gasteiger partial charge in [0.05, 0.1) is 34.1 Å². The molecule has 0 aliphatic carbocycles. The summed E-state index contributed by atoms with van der Waals surface area (Å²) >= 11 is 0. The van der Waals surface area contributed by atoms with Crippen LogP contribution in [0.3, 0.4) is 0 Å². The van der Waals surface area contributed by atoms with E-state index in [0.29, 0.717) is 68.6 Å². The first kappa shape index (κ1) is 43.8. The van der Waals surface area contributed by atoms with Gasteiger partial charge in [0.2, 0.25) is 0 Å². The number of nitrogens with two attached hydrogens (primary N) is 3. The SMILES string of the molecule is CC(c1ccc(Oc2ccc(/N=N/c3ccc(N)cc3)cc2)cc1)(c1ccc(Oc2ccc(/N=N/c3ccc(N)cc3)cc2)cc1)c1ccc(Oc2ccc(/N=N/c3ccc(N)cc3)cc2)cc1. The summed E-state index contributed by atoms with van der Waals surface area (Å²) < 4.78 is 18.8. The summed E-state index contributed by atoms with van der Waals surface area (Å²) in [6.07, 6.45) is 0. The molecule has 0 heterocycles. The Bertz CT molecular complexity index is 2810. The van der Waals surface area contributed by atoms with E-state index >= 15 is 0 Å². The number of hydrogen-bond donors (Lipinski definition) is 3. The van der Waals surface area contributed by atoms with E-state index in [0.717, 1.165) is 33.8 Å². The van der Waals surface area contributed by atoms with E-state index in [4.69, 9.17) is 31.4 Å². The normalized spacial score (nSPS) is 11.6. The number of benzene rings is 9. The second-order valence-corrected chi connectivity index (χ2v) is 15.9. The molecule has 0 radical (unpaired) electrons. The smallest absolute Gasteiger partial charge is 0.127 e. The maximum absolute atomic E-state index is 6.27. The average Bonchev–Trinajstić information content (AvgIpc) is 3.37. The van der Waals surface area contributed by atoms with Crippen LogP contribution in [-0.2, 0) is 5.41 Å². The lowest BCUT2D eigenvalue weighted by atomic mass is 9.71. The van der Waals surface area contributed by atoms with Crippen LogP contribution in [0.4, 0.5) is 51.2 Å². The van der Waals surface area contributed by atoms with Gasteiger partial charge < -0.3 is 31.4 Å². The third kappa shape index (κ3) is 11.1. The monoisotopic (exact) mass is 891 g/mol. The van der Waals surface area contributed by atoms with Crippen LogP contribution in [-0.4, -0.2) is 0 Å². The number of rotatable bonds is 15. The minimum Gasteiger partial charge on any atom is -0.457 e. The van der Waals surface area contributed by atoms with E-state index in [1.54, 1.807) is 36.4 Å². The van der Waals surface area contributed by atoms with Crippen molar-refractivity contribution in [1.29, 1.82) is 0 Å². The lowest BCUT2D eigenvalue weighted by molar-refractivity contribution is 0.481. The van der Waals surface area contributed by atoms with Gasteiger partial charge in [-0.15, -0.1) is 0 Å². The summed E-state index contributed by atoms with van der Waals surface area (Å²) in [5.74, 6) is 4.09. The van der Waals surface area contributed by atoms with E-state index in [2.05, 4.69) is 74.0 Å². The van der Waals surface area contributed by atoms with Gasteiger partial charge in [-0.2, -0.15) is 30.7 Å². The summed E-state index contributed by atoms with van der Waals surface area (Å²) in [4.78, 5) is 0. The fourth-order valence-electron chi connectivity index (χ4n) is 7.19. The topological polar surface area (TPSA) is 180 Å². The summed E-state index contributed by atoms with van der Waals surface area (Å²) in [6.45, 7) is 2.21. The molecule has 0 saturated carbocycles. The lowest BCUT2D eigenvalue weighted by Gasteiger charge is -2.32. The third-order valence-corrected chi connectivity index (χ3v) is 11.0. The zero-order valence-corrected chi connectivity index (χ0v) is 36.9. The van der Waals surface area contributed by atoms with Gasteiger partial charge in [0.15, 0.2) is 0 Å². The van der Waals surface area contributed by atoms with Crippen molar-refractivity contribution >= 4 is 51.2 Å². The minimum atomic E-state index is -0.596. The van der Waals surface area contributed by atoms with Gasteiger partial charge in [-0.1, -0.05) is 36.4 Å². The second kappa shape index (κ2) is 20.2. The Kier molecular flexibility index (Phi) is 13.0. The summed E-state index contributed by atoms with van der Waals surface area (Å²) in [5.41, 5.74) is 26.2. The van der Waals surface area contributed by atoms with Crippen molar-refractivity contribution in [3.8, 4) is 34.5 Å². The fraction of sp³-hybridized carbons (Fsp3) is 0.0357. The van der Waals surface area contributed by atoms with Crippen molar-refractivity contribution in [3.05, 3.63) is 235 Å². The standard InChI is InChI=1S/C56H45N9O3/c1-56(38-2-26-50(27-3-38)66-53-32-20-47(21-33-53)63-60-44-14-8-41(57)9-15-44,39-4-28-51(29-5-39)67-54-34-22-48(23-35-54)64-61-45-16-10-42(58)11-17-45)40-6-30-52(31-7-40)68-55-36-24-49(25-37-55)65-62-46-18-12-43(59)13-19-46/h2-37H,57-59H2,1H3/b63-60+,64-61+,65-62+. The van der Waals surface area contributed by atoms with Crippen molar-refractivity contribution in [2.75, 3.05) is 17.2 Å². The molecular formula is C56H45N9O3. The largest absolute Gasteiger partial charge is 0.457 e. The van der Waals surface area contributed by atoms with E-state index < -0.39 is 5.41 Å². The summed E-state index contributed by atoms with van der Waals surface area (Å²) in [7, 11) is 0. The van der Waals surface area contributed by atoms with Gasteiger partial charge in [-0.05, 0) is 206 Å². The molecule has 0 atom stereocenters. The van der Waals surface area contributed by atoms with Crippen LogP contribution in [0.2, 0.25) is 0 Å². The summed E-state index contributed by atoms with van der Waals surface area (Å²) in [6, 6.07) is 68.5. The number of anilines is 3. The number of nitrogens with zero attached hydrogens (tertiary/aromatic N) is 6. The Morgan fingerprint density at radius 1 is 0.250 bits per heavy atom. The highest BCUT2D eigenvalue weighted by Crippen LogP contribution is 2.42. The van der Waals surface area contributed by atoms with Gasteiger partial charge in [0.1, 0.15) is 34.5 Å². The van der Waals surface area contributed by atoms with Crippen LogP contribution >= 0.6 is 0 Å². The van der Waals surface area contributed by atoms with E-state index in [1.165, 1.54) is 0 Å². The molecule has 9 aromatic carbocycles. The van der Waals surface area contributed by atoms with Gasteiger partial charge in [0, 0.05) is 22.5 Å². The average molecular weight is 892 g/mol. The molecule has 12 heteroatoms. The highest BCUT2D eigenvalue weighted by atomic mass is 16.5. The Morgan fingerprint density at radius 3 is 0.603 bits per heavy atom. The molecule has 9 rings (SSSR count). The molecule has 68 heavy (non-hydrogen) atoms. The number of azo groups is 3. The van der Waals surface area contributed by atoms with Crippen molar-refractivity contribution in [2.45, 2.75) is 12.3 Å². The first-order valence-electron chi connectivity index (χ1n) is 21.7. The molecule has 12 nitrogen and oxygen atoms in total. The number of ether oxygens (including phenoxy) is 3. The molecule has 332 valence electrons. The van der Waals surface area contributed by atoms with Gasteiger partial charge in [-0.3, -0.25) is 0 Å². The highest BCUT2D eigenvalue weighted by Gasteiger charge is 2.31. The zero-order chi connectivity index (χ0) is 46.7. The lowest BCUT2D eigenvalue weighted by Crippen LogP contribution is -2.25. The molecular weight excluding hydrogens is 847 g/mol. The molecule has 0 fully saturated rings. The number of nitrogen functional groups attached to an aromatic ring is 3. The maximum atomic E-state index is 6.27. The molecule has 0 saturated heterocycles. The predicted octanol–water partition coefficient (Wildman–Crippen LogP) is 16.4. The predicted molar refractivity (Wildman–Crippen MR) is 270 cm³/mol. The van der Waals surface area contributed by atoms with Gasteiger partial charge >= 0.3 is 0 Å². The van der Waals surface area contributed by atoms with Gasteiger partial charge in [0.25, 0.3) is 0 Å².